The van der Waals surface area contributed by atoms with Crippen LogP contribution in [0.4, 0.5) is 0 Å². The van der Waals surface area contributed by atoms with E-state index in [0.29, 0.717) is 10.1 Å². The van der Waals surface area contributed by atoms with Crippen molar-refractivity contribution < 1.29 is 13.5 Å². The van der Waals surface area contributed by atoms with Crippen LogP contribution < -0.4 is 0 Å². The Labute approximate surface area is 118 Å². The number of hydrogen-bond donors (Lipinski definition) is 1. The zero-order valence-electron chi connectivity index (χ0n) is 11.1. The van der Waals surface area contributed by atoms with Crippen molar-refractivity contribution in [3.05, 3.63) is 17.0 Å². The Kier molecular flexibility index (Phi) is 3.27. The molecule has 0 saturated heterocycles. The topological polar surface area (TPSA) is 54.4 Å². The van der Waals surface area contributed by atoms with Crippen LogP contribution in [0, 0.1) is 11.8 Å². The molecule has 0 aliphatic heterocycles. The average molecular weight is 300 g/mol. The van der Waals surface area contributed by atoms with Gasteiger partial charge in [0.15, 0.2) is 9.84 Å². The first-order valence-electron chi connectivity index (χ1n) is 6.87. The van der Waals surface area contributed by atoms with E-state index < -0.39 is 9.84 Å². The highest BCUT2D eigenvalue weighted by atomic mass is 32.2. The van der Waals surface area contributed by atoms with Gasteiger partial charge < -0.3 is 5.11 Å². The quantitative estimate of drug-likeness (QED) is 0.930. The highest BCUT2D eigenvalue weighted by Crippen LogP contribution is 2.61. The van der Waals surface area contributed by atoms with Crippen LogP contribution >= 0.6 is 11.3 Å². The number of sulfone groups is 1. The molecule has 0 bridgehead atoms. The number of hydrogen-bond acceptors (Lipinski definition) is 4. The van der Waals surface area contributed by atoms with E-state index in [-0.39, 0.29) is 12.0 Å². The number of aliphatic hydroxyl groups is 1. The fourth-order valence-corrected chi connectivity index (χ4v) is 5.61. The molecule has 3 nitrogen and oxygen atoms in total. The second-order valence-corrected chi connectivity index (χ2v) is 9.25. The van der Waals surface area contributed by atoms with Crippen LogP contribution in [0.1, 0.15) is 37.7 Å². The predicted molar refractivity (Wildman–Crippen MR) is 76.3 cm³/mol. The monoisotopic (exact) mass is 300 g/mol. The molecule has 2 unspecified atom stereocenters. The molecule has 1 heterocycles. The maximum Gasteiger partial charge on any atom is 0.184 e. The third kappa shape index (κ3) is 2.26. The minimum absolute atomic E-state index is 0.144. The van der Waals surface area contributed by atoms with Gasteiger partial charge in [-0.1, -0.05) is 25.7 Å². The summed E-state index contributed by atoms with van der Waals surface area (Å²) in [6, 6.07) is 1.78. The first-order chi connectivity index (χ1) is 8.97. The number of rotatable bonds is 4. The zero-order chi connectivity index (χ0) is 13.7. The summed E-state index contributed by atoms with van der Waals surface area (Å²) in [4.78, 5) is 0. The molecule has 3 rings (SSSR count). The van der Waals surface area contributed by atoms with Crippen molar-refractivity contribution in [1.29, 1.82) is 0 Å². The maximum absolute atomic E-state index is 11.6. The summed E-state index contributed by atoms with van der Waals surface area (Å²) in [6.07, 6.45) is 7.43. The molecular weight excluding hydrogens is 280 g/mol. The Hall–Kier alpha value is -0.390. The first-order valence-corrected chi connectivity index (χ1v) is 9.64. The molecular formula is C14H20O3S2. The van der Waals surface area contributed by atoms with Crippen LogP contribution in [0.3, 0.4) is 0 Å². The summed E-state index contributed by atoms with van der Waals surface area (Å²) in [6.45, 7) is 0.147. The highest BCUT2D eigenvalue weighted by molar-refractivity contribution is 7.92. The second kappa shape index (κ2) is 4.57. The van der Waals surface area contributed by atoms with E-state index in [1.54, 1.807) is 6.07 Å². The molecule has 2 atom stereocenters. The van der Waals surface area contributed by atoms with Crippen molar-refractivity contribution in [2.45, 2.75) is 41.7 Å². The van der Waals surface area contributed by atoms with E-state index in [2.05, 4.69) is 0 Å². The van der Waals surface area contributed by atoms with Gasteiger partial charge in [0.2, 0.25) is 0 Å². The summed E-state index contributed by atoms with van der Waals surface area (Å²) < 4.78 is 23.6. The van der Waals surface area contributed by atoms with Gasteiger partial charge in [0.25, 0.3) is 0 Å². The van der Waals surface area contributed by atoms with Gasteiger partial charge in [0.05, 0.1) is 6.61 Å². The molecule has 2 saturated carbocycles. The molecule has 1 N–H and O–H groups in total. The molecule has 5 heteroatoms. The largest absolute Gasteiger partial charge is 0.395 e. The van der Waals surface area contributed by atoms with E-state index >= 15 is 0 Å². The molecule has 1 aromatic heterocycles. The Morgan fingerprint density at radius 2 is 2.11 bits per heavy atom. The zero-order valence-corrected chi connectivity index (χ0v) is 12.8. The van der Waals surface area contributed by atoms with Crippen molar-refractivity contribution in [2.24, 2.45) is 11.8 Å². The fourth-order valence-electron chi connectivity index (χ4n) is 3.69. The molecule has 0 amide bonds. The summed E-state index contributed by atoms with van der Waals surface area (Å²) in [7, 11) is -3.12. The van der Waals surface area contributed by atoms with E-state index in [4.69, 9.17) is 0 Å². The fraction of sp³-hybridized carbons (Fsp3) is 0.714. The molecule has 0 aromatic carbocycles. The third-order valence-electron chi connectivity index (χ3n) is 4.90. The van der Waals surface area contributed by atoms with E-state index in [0.717, 1.165) is 17.9 Å². The van der Waals surface area contributed by atoms with E-state index in [1.807, 2.05) is 5.38 Å². The van der Waals surface area contributed by atoms with Crippen LogP contribution in [0.15, 0.2) is 15.7 Å². The van der Waals surface area contributed by atoms with E-state index in [9.17, 15) is 13.5 Å². The van der Waals surface area contributed by atoms with Crippen LogP contribution in [0.25, 0.3) is 0 Å². The van der Waals surface area contributed by atoms with Crippen LogP contribution in [0.2, 0.25) is 0 Å². The van der Waals surface area contributed by atoms with Gasteiger partial charge in [-0.25, -0.2) is 8.42 Å². The smallest absolute Gasteiger partial charge is 0.184 e. The predicted octanol–water partition coefficient (Wildman–Crippen LogP) is 2.59. The summed E-state index contributed by atoms with van der Waals surface area (Å²) >= 11 is 1.28. The van der Waals surface area contributed by atoms with Gasteiger partial charge in [0.1, 0.15) is 4.21 Å². The van der Waals surface area contributed by atoms with E-state index in [1.165, 1.54) is 43.3 Å². The molecule has 1 aromatic rings. The van der Waals surface area contributed by atoms with Crippen molar-refractivity contribution in [3.63, 3.8) is 0 Å². The first kappa shape index (κ1) is 13.6. The molecule has 0 spiro atoms. The lowest BCUT2D eigenvalue weighted by Crippen LogP contribution is -2.18. The Morgan fingerprint density at radius 1 is 1.42 bits per heavy atom. The highest BCUT2D eigenvalue weighted by Gasteiger charge is 2.58. The number of thiophene rings is 1. The summed E-state index contributed by atoms with van der Waals surface area (Å²) in [5.41, 5.74) is 0.895. The van der Waals surface area contributed by atoms with Crippen molar-refractivity contribution >= 4 is 21.2 Å². The van der Waals surface area contributed by atoms with Gasteiger partial charge in [-0.3, -0.25) is 0 Å². The second-order valence-electron chi connectivity index (χ2n) is 6.10. The van der Waals surface area contributed by atoms with Gasteiger partial charge in [0, 0.05) is 11.7 Å². The third-order valence-corrected chi connectivity index (χ3v) is 7.67. The van der Waals surface area contributed by atoms with Gasteiger partial charge in [-0.2, -0.15) is 0 Å². The molecule has 106 valence electrons. The van der Waals surface area contributed by atoms with Crippen molar-refractivity contribution in [3.8, 4) is 0 Å². The molecule has 2 fully saturated rings. The SMILES string of the molecule is CS(=O)(=O)c1cc(C2(CO)CC2C2CCCC2)cs1. The summed E-state index contributed by atoms with van der Waals surface area (Å²) in [5.74, 6) is 1.29. The van der Waals surface area contributed by atoms with Crippen LogP contribution in [-0.4, -0.2) is 26.4 Å². The lowest BCUT2D eigenvalue weighted by atomic mass is 9.90. The standard InChI is InChI=1S/C14H20O3S2/c1-19(16,17)13-6-11(8-18-13)14(9-15)7-12(14)10-4-2-3-5-10/h6,8,10,12,15H,2-5,7,9H2,1H3. The lowest BCUT2D eigenvalue weighted by molar-refractivity contribution is 0.233. The van der Waals surface area contributed by atoms with Gasteiger partial charge >= 0.3 is 0 Å². The van der Waals surface area contributed by atoms with Crippen LogP contribution in [-0.2, 0) is 15.3 Å². The Morgan fingerprint density at radius 3 is 2.63 bits per heavy atom. The minimum Gasteiger partial charge on any atom is -0.395 e. The Bertz CT molecular complexity index is 569. The van der Waals surface area contributed by atoms with Crippen LogP contribution in [0.5, 0.6) is 0 Å². The van der Waals surface area contributed by atoms with Gasteiger partial charge in [-0.15, -0.1) is 11.3 Å². The lowest BCUT2D eigenvalue weighted by Gasteiger charge is -2.16. The number of aliphatic hydroxyl groups excluding tert-OH is 1. The molecule has 2 aliphatic rings. The maximum atomic E-state index is 11.6. The van der Waals surface area contributed by atoms with Crippen molar-refractivity contribution in [1.82, 2.24) is 0 Å². The van der Waals surface area contributed by atoms with Gasteiger partial charge in [-0.05, 0) is 35.3 Å². The summed E-state index contributed by atoms with van der Waals surface area (Å²) in [5, 5.41) is 11.7. The minimum atomic E-state index is -3.12. The molecule has 2 aliphatic carbocycles. The molecule has 19 heavy (non-hydrogen) atoms. The average Bonchev–Trinajstić information content (AvgIpc) is 2.79. The molecule has 0 radical (unpaired) electrons. The van der Waals surface area contributed by atoms with Crippen molar-refractivity contribution in [2.75, 3.05) is 12.9 Å². The normalized spacial score (nSPS) is 31.8. The Balaban J connectivity index is 1.86.